The smallest absolute Gasteiger partial charge is 0.204 e. The number of hydrogen-bond donors (Lipinski definition) is 0. The Hall–Kier alpha value is -0.880. The Kier molecular flexibility index (Phi) is 3.62. The molecule has 108 valence electrons. The second kappa shape index (κ2) is 5.15. The molecule has 0 unspecified atom stereocenters. The van der Waals surface area contributed by atoms with Crippen LogP contribution >= 0.6 is 11.6 Å². The second-order valence-electron chi connectivity index (χ2n) is 5.35. The predicted octanol–water partition coefficient (Wildman–Crippen LogP) is 1.72. The third-order valence-electron chi connectivity index (χ3n) is 3.93. The molecule has 0 saturated carbocycles. The first-order chi connectivity index (χ1) is 9.48. The first-order valence-electron chi connectivity index (χ1n) is 6.63. The van der Waals surface area contributed by atoms with Crippen LogP contribution in [0.15, 0.2) is 28.0 Å². The molecule has 20 heavy (non-hydrogen) atoms. The average Bonchev–Trinajstić information content (AvgIpc) is 2.66. The molecule has 0 amide bonds. The van der Waals surface area contributed by atoms with Gasteiger partial charge in [0.1, 0.15) is 0 Å². The Morgan fingerprint density at radius 2 is 1.90 bits per heavy atom. The van der Waals surface area contributed by atoms with Crippen molar-refractivity contribution in [1.82, 2.24) is 9.80 Å². The highest BCUT2D eigenvalue weighted by Gasteiger charge is 2.32. The summed E-state index contributed by atoms with van der Waals surface area (Å²) < 4.78 is 25.0. The van der Waals surface area contributed by atoms with E-state index in [2.05, 4.69) is 16.8 Å². The molecular formula is C14H17ClN2O2S. The quantitative estimate of drug-likeness (QED) is 0.834. The molecule has 1 fully saturated rings. The van der Waals surface area contributed by atoms with Crippen molar-refractivity contribution in [1.29, 1.82) is 0 Å². The lowest BCUT2D eigenvalue weighted by atomic mass is 10.2. The molecule has 0 N–H and O–H groups in total. The molecule has 1 saturated heterocycles. The lowest BCUT2D eigenvalue weighted by Crippen LogP contribution is -2.45. The van der Waals surface area contributed by atoms with E-state index in [1.54, 1.807) is 24.3 Å². The van der Waals surface area contributed by atoms with Gasteiger partial charge in [-0.3, -0.25) is 4.90 Å². The lowest BCUT2D eigenvalue weighted by Gasteiger charge is -2.32. The van der Waals surface area contributed by atoms with Crippen molar-refractivity contribution < 1.29 is 8.42 Å². The summed E-state index contributed by atoms with van der Waals surface area (Å²) in [5.41, 5.74) is 0.637. The summed E-state index contributed by atoms with van der Waals surface area (Å²) in [5, 5.41) is 0.499. The summed E-state index contributed by atoms with van der Waals surface area (Å²) in [5.74, 6) is 0. The summed E-state index contributed by atoms with van der Waals surface area (Å²) in [6.07, 6.45) is 1.73. The average molecular weight is 313 g/mol. The van der Waals surface area contributed by atoms with E-state index in [0.29, 0.717) is 26.9 Å². The molecule has 1 aromatic rings. The first kappa shape index (κ1) is 14.1. The number of benzene rings is 1. The molecule has 0 atom stereocenters. The van der Waals surface area contributed by atoms with Crippen LogP contribution in [-0.2, 0) is 9.84 Å². The van der Waals surface area contributed by atoms with Crippen molar-refractivity contribution in [3.8, 4) is 0 Å². The van der Waals surface area contributed by atoms with E-state index in [9.17, 15) is 8.42 Å². The number of piperazine rings is 1. The van der Waals surface area contributed by atoms with Crippen molar-refractivity contribution in [2.75, 3.05) is 39.8 Å². The van der Waals surface area contributed by atoms with Crippen LogP contribution in [0, 0.1) is 0 Å². The normalized spacial score (nSPS) is 22.6. The van der Waals surface area contributed by atoms with Crippen LogP contribution in [0.3, 0.4) is 0 Å². The Morgan fingerprint density at radius 3 is 2.55 bits per heavy atom. The molecule has 0 aromatic heterocycles. The van der Waals surface area contributed by atoms with E-state index in [-0.39, 0.29) is 0 Å². The van der Waals surface area contributed by atoms with E-state index in [1.807, 2.05) is 0 Å². The topological polar surface area (TPSA) is 40.6 Å². The highest BCUT2D eigenvalue weighted by molar-refractivity contribution is 7.95. The molecule has 2 heterocycles. The number of rotatable bonds is 2. The standard InChI is InChI=1S/C14H17ClN2O2S/c1-16-5-7-17(8-6-16)10-11-9-12-13(15)3-2-4-14(12)20(11,18)19/h2-4,9H,5-8,10H2,1H3. The van der Waals surface area contributed by atoms with Gasteiger partial charge in [0, 0.05) is 43.3 Å². The molecule has 0 aliphatic carbocycles. The van der Waals surface area contributed by atoms with Crippen LogP contribution in [0.5, 0.6) is 0 Å². The van der Waals surface area contributed by atoms with Gasteiger partial charge in [-0.2, -0.15) is 0 Å². The zero-order chi connectivity index (χ0) is 14.3. The third-order valence-corrected chi connectivity index (χ3v) is 6.13. The summed E-state index contributed by atoms with van der Waals surface area (Å²) in [6.45, 7) is 4.21. The maximum atomic E-state index is 12.5. The second-order valence-corrected chi connectivity index (χ2v) is 7.72. The van der Waals surface area contributed by atoms with Gasteiger partial charge in [-0.15, -0.1) is 0 Å². The van der Waals surface area contributed by atoms with E-state index < -0.39 is 9.84 Å². The lowest BCUT2D eigenvalue weighted by molar-refractivity contribution is 0.166. The fourth-order valence-corrected chi connectivity index (χ4v) is 4.54. The number of nitrogens with zero attached hydrogens (tertiary/aromatic N) is 2. The van der Waals surface area contributed by atoms with Gasteiger partial charge in [-0.25, -0.2) is 8.42 Å². The fraction of sp³-hybridized carbons (Fsp3) is 0.429. The molecular weight excluding hydrogens is 296 g/mol. The van der Waals surface area contributed by atoms with Crippen molar-refractivity contribution in [2.24, 2.45) is 0 Å². The zero-order valence-corrected chi connectivity index (χ0v) is 12.9. The summed E-state index contributed by atoms with van der Waals surface area (Å²) in [7, 11) is -1.28. The Morgan fingerprint density at radius 1 is 1.20 bits per heavy atom. The number of sulfone groups is 1. The van der Waals surface area contributed by atoms with Crippen molar-refractivity contribution in [3.05, 3.63) is 33.7 Å². The maximum absolute atomic E-state index is 12.5. The monoisotopic (exact) mass is 312 g/mol. The molecule has 0 radical (unpaired) electrons. The molecule has 0 bridgehead atoms. The molecule has 4 nitrogen and oxygen atoms in total. The molecule has 3 rings (SSSR count). The van der Waals surface area contributed by atoms with E-state index in [4.69, 9.17) is 11.6 Å². The first-order valence-corrected chi connectivity index (χ1v) is 8.49. The van der Waals surface area contributed by atoms with Crippen LogP contribution in [0.25, 0.3) is 6.08 Å². The Balaban J connectivity index is 1.86. The van der Waals surface area contributed by atoms with Crippen LogP contribution in [-0.4, -0.2) is 58.0 Å². The highest BCUT2D eigenvalue weighted by atomic mass is 35.5. The fourth-order valence-electron chi connectivity index (χ4n) is 2.63. The number of fused-ring (bicyclic) bond motifs is 1. The van der Waals surface area contributed by atoms with E-state index in [0.717, 1.165) is 26.2 Å². The van der Waals surface area contributed by atoms with Crippen LogP contribution in [0.1, 0.15) is 5.56 Å². The van der Waals surface area contributed by atoms with Crippen molar-refractivity contribution >= 4 is 27.5 Å². The predicted molar refractivity (Wildman–Crippen MR) is 80.6 cm³/mol. The van der Waals surface area contributed by atoms with Gasteiger partial charge in [-0.05, 0) is 25.3 Å². The molecule has 1 aromatic carbocycles. The minimum Gasteiger partial charge on any atom is -0.304 e. The van der Waals surface area contributed by atoms with Crippen molar-refractivity contribution in [3.63, 3.8) is 0 Å². The molecule has 6 heteroatoms. The molecule has 0 spiro atoms. The van der Waals surface area contributed by atoms with E-state index in [1.165, 1.54) is 0 Å². The van der Waals surface area contributed by atoms with Gasteiger partial charge < -0.3 is 4.90 Å². The number of likely N-dealkylation sites (N-methyl/N-ethyl adjacent to an activating group) is 1. The maximum Gasteiger partial charge on any atom is 0.204 e. The third kappa shape index (κ3) is 2.39. The minimum absolute atomic E-state index is 0.342. The minimum atomic E-state index is -3.36. The SMILES string of the molecule is CN1CCN(CC2=Cc3c(Cl)cccc3S2(=O)=O)CC1. The summed E-state index contributed by atoms with van der Waals surface area (Å²) >= 11 is 6.09. The largest absolute Gasteiger partial charge is 0.304 e. The van der Waals surface area contributed by atoms with Gasteiger partial charge in [0.05, 0.1) is 9.80 Å². The van der Waals surface area contributed by atoms with Gasteiger partial charge in [0.25, 0.3) is 0 Å². The Labute approximate surface area is 124 Å². The van der Waals surface area contributed by atoms with Crippen LogP contribution < -0.4 is 0 Å². The van der Waals surface area contributed by atoms with Gasteiger partial charge in [0.15, 0.2) is 0 Å². The van der Waals surface area contributed by atoms with Crippen LogP contribution in [0.4, 0.5) is 0 Å². The number of halogens is 1. The van der Waals surface area contributed by atoms with Crippen molar-refractivity contribution in [2.45, 2.75) is 4.90 Å². The summed E-state index contributed by atoms with van der Waals surface area (Å²) in [6, 6.07) is 5.04. The highest BCUT2D eigenvalue weighted by Crippen LogP contribution is 2.37. The van der Waals surface area contributed by atoms with Gasteiger partial charge >= 0.3 is 0 Å². The number of hydrogen-bond acceptors (Lipinski definition) is 4. The molecule has 2 aliphatic heterocycles. The summed E-state index contributed by atoms with van der Waals surface area (Å²) in [4.78, 5) is 5.24. The van der Waals surface area contributed by atoms with Gasteiger partial charge in [0.2, 0.25) is 9.84 Å². The van der Waals surface area contributed by atoms with E-state index >= 15 is 0 Å². The Bertz CT molecular complexity index is 662. The van der Waals surface area contributed by atoms with Crippen LogP contribution in [0.2, 0.25) is 5.02 Å². The molecule has 2 aliphatic rings. The van der Waals surface area contributed by atoms with Gasteiger partial charge in [-0.1, -0.05) is 17.7 Å². The zero-order valence-electron chi connectivity index (χ0n) is 11.3.